The van der Waals surface area contributed by atoms with Crippen molar-refractivity contribution >= 4 is 39.1 Å². The molecule has 12 heteroatoms. The summed E-state index contributed by atoms with van der Waals surface area (Å²) in [7, 11) is 1.59. The Kier molecular flexibility index (Phi) is 6.61. The lowest BCUT2D eigenvalue weighted by Gasteiger charge is -2.26. The molecule has 2 aromatic heterocycles. The summed E-state index contributed by atoms with van der Waals surface area (Å²) in [6.07, 6.45) is 2.32. The molecule has 1 saturated heterocycles. The van der Waals surface area contributed by atoms with Crippen LogP contribution in [0.25, 0.3) is 10.9 Å². The number of benzene rings is 1. The number of amides is 1. The summed E-state index contributed by atoms with van der Waals surface area (Å²) < 4.78 is 19.1. The van der Waals surface area contributed by atoms with Gasteiger partial charge >= 0.3 is 0 Å². The van der Waals surface area contributed by atoms with Crippen molar-refractivity contribution in [3.8, 4) is 11.5 Å². The van der Waals surface area contributed by atoms with Crippen molar-refractivity contribution in [2.75, 3.05) is 64.2 Å². The normalized spacial score (nSPS) is 16.4. The molecule has 0 unspecified atom stereocenters. The van der Waals surface area contributed by atoms with Gasteiger partial charge in [0.2, 0.25) is 5.62 Å². The number of methoxy groups -OCH3 is 1. The van der Waals surface area contributed by atoms with E-state index in [0.717, 1.165) is 61.8 Å². The molecule has 11 nitrogen and oxygen atoms in total. The predicted molar refractivity (Wildman–Crippen MR) is 129 cm³/mol. The summed E-state index contributed by atoms with van der Waals surface area (Å²) in [5.74, 6) is 1.54. The van der Waals surface area contributed by atoms with E-state index in [2.05, 4.69) is 20.2 Å². The number of nitrogens with zero attached hydrogens (tertiary/aromatic N) is 5. The van der Waals surface area contributed by atoms with Gasteiger partial charge in [-0.25, -0.2) is 9.97 Å². The second kappa shape index (κ2) is 9.95. The van der Waals surface area contributed by atoms with Gasteiger partial charge in [0.15, 0.2) is 16.6 Å². The number of nitrogen functional groups attached to an aromatic ring is 1. The molecular formula is C22H27N7O4S. The average molecular weight is 486 g/mol. The lowest BCUT2D eigenvalue weighted by atomic mass is 10.2. The highest BCUT2D eigenvalue weighted by molar-refractivity contribution is 7.17. The Morgan fingerprint density at radius 1 is 1.32 bits per heavy atom. The topological polar surface area (TPSA) is 129 Å². The van der Waals surface area contributed by atoms with Gasteiger partial charge in [-0.1, -0.05) is 11.3 Å². The second-order valence-electron chi connectivity index (χ2n) is 7.97. The Bertz CT molecular complexity index is 1270. The number of hydrogen-bond donors (Lipinski definition) is 2. The SMILES string of the molecule is COc1c(OCCCN2CCOCC2)ccc2c3n(c(=NC(=O)c4cnc(N)s4)nc12)CCN3. The van der Waals surface area contributed by atoms with Crippen LogP contribution in [0.15, 0.2) is 23.3 Å². The molecule has 34 heavy (non-hydrogen) atoms. The van der Waals surface area contributed by atoms with Gasteiger partial charge in [-0.05, 0) is 18.6 Å². The van der Waals surface area contributed by atoms with E-state index in [1.54, 1.807) is 7.11 Å². The molecule has 2 aliphatic rings. The highest BCUT2D eigenvalue weighted by Crippen LogP contribution is 2.37. The van der Waals surface area contributed by atoms with Crippen LogP contribution in [0.4, 0.5) is 10.9 Å². The Hall–Kier alpha value is -3.22. The molecule has 0 aliphatic carbocycles. The molecule has 0 atom stereocenters. The first-order chi connectivity index (χ1) is 16.6. The van der Waals surface area contributed by atoms with Crippen LogP contribution in [0.2, 0.25) is 0 Å². The summed E-state index contributed by atoms with van der Waals surface area (Å²) in [4.78, 5) is 28.4. The van der Waals surface area contributed by atoms with Crippen LogP contribution in [0.1, 0.15) is 16.1 Å². The van der Waals surface area contributed by atoms with Gasteiger partial charge in [0.1, 0.15) is 16.2 Å². The number of nitrogens with one attached hydrogen (secondary N) is 1. The van der Waals surface area contributed by atoms with Gasteiger partial charge in [0.25, 0.3) is 5.91 Å². The summed E-state index contributed by atoms with van der Waals surface area (Å²) in [6, 6.07) is 3.86. The molecule has 5 rings (SSSR count). The van der Waals surface area contributed by atoms with E-state index in [4.69, 9.17) is 24.9 Å². The zero-order chi connectivity index (χ0) is 23.5. The van der Waals surface area contributed by atoms with Crippen LogP contribution in [0.3, 0.4) is 0 Å². The van der Waals surface area contributed by atoms with Gasteiger partial charge in [-0.15, -0.1) is 0 Å². The van der Waals surface area contributed by atoms with Gasteiger partial charge in [-0.3, -0.25) is 14.3 Å². The molecule has 3 aromatic rings. The number of nitrogens with two attached hydrogens (primary N) is 1. The Morgan fingerprint density at radius 2 is 2.18 bits per heavy atom. The number of hydrogen-bond acceptors (Lipinski definition) is 10. The van der Waals surface area contributed by atoms with E-state index >= 15 is 0 Å². The fourth-order valence-electron chi connectivity index (χ4n) is 4.17. The number of morpholine rings is 1. The molecule has 4 heterocycles. The number of carbonyl (C=O) groups is 1. The van der Waals surface area contributed by atoms with E-state index in [-0.39, 0.29) is 0 Å². The molecule has 2 aliphatic heterocycles. The monoisotopic (exact) mass is 485 g/mol. The van der Waals surface area contributed by atoms with Crippen molar-refractivity contribution in [2.45, 2.75) is 13.0 Å². The first kappa shape index (κ1) is 22.6. The van der Waals surface area contributed by atoms with Crippen molar-refractivity contribution in [3.05, 3.63) is 28.8 Å². The van der Waals surface area contributed by atoms with Gasteiger partial charge in [-0.2, -0.15) is 4.99 Å². The Balaban J connectivity index is 1.44. The first-order valence-electron chi connectivity index (χ1n) is 11.2. The van der Waals surface area contributed by atoms with Gasteiger partial charge in [0, 0.05) is 38.1 Å². The highest BCUT2D eigenvalue weighted by atomic mass is 32.1. The van der Waals surface area contributed by atoms with E-state index in [0.29, 0.717) is 52.3 Å². The predicted octanol–water partition coefficient (Wildman–Crippen LogP) is 1.35. The maximum atomic E-state index is 12.7. The maximum absolute atomic E-state index is 12.7. The standard InChI is InChI=1S/C22H27N7O4S/c1-31-18-15(33-10-2-6-28-8-11-32-12-9-28)4-3-14-17(18)26-22(29-7-5-24-19(14)29)27-20(30)16-13-25-21(23)34-16/h3-4,13,24H,2,5-12H2,1H3,(H2,23,25). The minimum Gasteiger partial charge on any atom is -0.491 e. The lowest BCUT2D eigenvalue weighted by Crippen LogP contribution is -2.37. The molecule has 1 aromatic carbocycles. The minimum atomic E-state index is -0.433. The zero-order valence-corrected chi connectivity index (χ0v) is 19.8. The minimum absolute atomic E-state index is 0.298. The fraction of sp³-hybridized carbons (Fsp3) is 0.455. The van der Waals surface area contributed by atoms with Crippen LogP contribution < -0.4 is 26.1 Å². The van der Waals surface area contributed by atoms with Crippen molar-refractivity contribution in [1.82, 2.24) is 19.4 Å². The van der Waals surface area contributed by atoms with Crippen LogP contribution in [-0.4, -0.2) is 78.5 Å². The third-order valence-electron chi connectivity index (χ3n) is 5.82. The van der Waals surface area contributed by atoms with Crippen LogP contribution in [-0.2, 0) is 11.3 Å². The highest BCUT2D eigenvalue weighted by Gasteiger charge is 2.21. The third kappa shape index (κ3) is 4.56. The van der Waals surface area contributed by atoms with Crippen LogP contribution >= 0.6 is 11.3 Å². The van der Waals surface area contributed by atoms with E-state index in [1.807, 2.05) is 16.7 Å². The Morgan fingerprint density at radius 3 is 2.94 bits per heavy atom. The average Bonchev–Trinajstić information content (AvgIpc) is 3.52. The molecule has 3 N–H and O–H groups in total. The quantitative estimate of drug-likeness (QED) is 0.476. The zero-order valence-electron chi connectivity index (χ0n) is 19.0. The van der Waals surface area contributed by atoms with Crippen molar-refractivity contribution < 1.29 is 19.0 Å². The van der Waals surface area contributed by atoms with Gasteiger partial charge < -0.3 is 25.3 Å². The molecule has 0 saturated carbocycles. The number of carbonyl (C=O) groups excluding carboxylic acids is 1. The van der Waals surface area contributed by atoms with Crippen molar-refractivity contribution in [1.29, 1.82) is 0 Å². The number of rotatable bonds is 7. The van der Waals surface area contributed by atoms with Crippen molar-refractivity contribution in [3.63, 3.8) is 0 Å². The number of anilines is 2. The van der Waals surface area contributed by atoms with E-state index < -0.39 is 5.91 Å². The first-order valence-corrected chi connectivity index (χ1v) is 12.0. The number of fused-ring (bicyclic) bond motifs is 3. The van der Waals surface area contributed by atoms with Crippen molar-refractivity contribution in [2.24, 2.45) is 4.99 Å². The molecule has 0 radical (unpaired) electrons. The maximum Gasteiger partial charge on any atom is 0.292 e. The van der Waals surface area contributed by atoms with Crippen LogP contribution in [0, 0.1) is 0 Å². The number of thiazole rings is 1. The van der Waals surface area contributed by atoms with Gasteiger partial charge in [0.05, 0.1) is 33.1 Å². The molecule has 1 fully saturated rings. The summed E-state index contributed by atoms with van der Waals surface area (Å²) >= 11 is 1.10. The second-order valence-corrected chi connectivity index (χ2v) is 9.03. The molecule has 180 valence electrons. The smallest absolute Gasteiger partial charge is 0.292 e. The summed E-state index contributed by atoms with van der Waals surface area (Å²) in [6.45, 7) is 6.36. The number of ether oxygens (including phenoxy) is 3. The summed E-state index contributed by atoms with van der Waals surface area (Å²) in [5.41, 5.74) is 6.55. The molecule has 1 amide bonds. The third-order valence-corrected chi connectivity index (χ3v) is 6.64. The van der Waals surface area contributed by atoms with E-state index in [9.17, 15) is 4.79 Å². The van der Waals surface area contributed by atoms with E-state index in [1.165, 1.54) is 6.20 Å². The van der Waals surface area contributed by atoms with Crippen LogP contribution in [0.5, 0.6) is 11.5 Å². The molecular weight excluding hydrogens is 458 g/mol. The molecule has 0 bridgehead atoms. The summed E-state index contributed by atoms with van der Waals surface area (Å²) in [5, 5.41) is 4.57. The fourth-order valence-corrected chi connectivity index (χ4v) is 4.74. The largest absolute Gasteiger partial charge is 0.491 e. The number of aromatic nitrogens is 3. The lowest BCUT2D eigenvalue weighted by molar-refractivity contribution is 0.0357. The molecule has 0 spiro atoms. The Labute approximate surface area is 200 Å².